The van der Waals surface area contributed by atoms with Crippen LogP contribution in [0.3, 0.4) is 0 Å². The van der Waals surface area contributed by atoms with Crippen LogP contribution in [0.5, 0.6) is 0 Å². The monoisotopic (exact) mass is 352 g/mol. The molecule has 1 aliphatic rings. The van der Waals surface area contributed by atoms with Gasteiger partial charge in [0.15, 0.2) is 0 Å². The molecule has 122 valence electrons. The highest BCUT2D eigenvalue weighted by Gasteiger charge is 2.29. The van der Waals surface area contributed by atoms with E-state index in [-0.39, 0.29) is 5.91 Å². The fraction of sp³-hybridized carbons (Fsp3) is 0.400. The molecule has 0 bridgehead atoms. The molecule has 0 saturated carbocycles. The summed E-state index contributed by atoms with van der Waals surface area (Å²) >= 11 is 7.34. The largest absolute Gasteiger partial charge is 0.382 e. The summed E-state index contributed by atoms with van der Waals surface area (Å²) < 4.78 is 2.57. The lowest BCUT2D eigenvalue weighted by molar-refractivity contribution is -0.131. The Bertz CT molecular complexity index is 725. The van der Waals surface area contributed by atoms with E-state index >= 15 is 0 Å². The van der Waals surface area contributed by atoms with Crippen molar-refractivity contribution < 1.29 is 9.63 Å². The van der Waals surface area contributed by atoms with Crippen molar-refractivity contribution in [2.24, 2.45) is 5.16 Å². The molecule has 0 fully saturated rings. The van der Waals surface area contributed by atoms with E-state index in [0.717, 1.165) is 29.1 Å². The van der Waals surface area contributed by atoms with Crippen LogP contribution in [0.2, 0.25) is 4.34 Å². The highest BCUT2D eigenvalue weighted by molar-refractivity contribution is 7.18. The maximum Gasteiger partial charge on any atom is 0.264 e. The SMILES string of the molecule is Cc1cnn(CCCNC(=O)C2CC(c3ccc(Cl)s3)=NO2)c1. The van der Waals surface area contributed by atoms with E-state index < -0.39 is 6.10 Å². The van der Waals surface area contributed by atoms with Gasteiger partial charge in [0.2, 0.25) is 6.10 Å². The summed E-state index contributed by atoms with van der Waals surface area (Å²) in [5.74, 6) is -0.136. The summed E-state index contributed by atoms with van der Waals surface area (Å²) in [6.45, 7) is 3.36. The maximum atomic E-state index is 12.1. The molecule has 0 spiro atoms. The summed E-state index contributed by atoms with van der Waals surface area (Å²) in [6, 6.07) is 3.70. The average molecular weight is 353 g/mol. The maximum absolute atomic E-state index is 12.1. The van der Waals surface area contributed by atoms with Gasteiger partial charge in [-0.2, -0.15) is 5.10 Å². The van der Waals surface area contributed by atoms with Crippen molar-refractivity contribution in [1.29, 1.82) is 0 Å². The predicted octanol–water partition coefficient (Wildman–Crippen LogP) is 2.61. The van der Waals surface area contributed by atoms with Gasteiger partial charge in [-0.3, -0.25) is 9.48 Å². The number of amides is 1. The molecule has 0 aliphatic carbocycles. The number of aryl methyl sites for hydroxylation is 2. The number of aromatic nitrogens is 2. The van der Waals surface area contributed by atoms with E-state index in [1.807, 2.05) is 36.1 Å². The molecule has 0 aromatic carbocycles. The number of oxime groups is 1. The van der Waals surface area contributed by atoms with E-state index in [4.69, 9.17) is 16.4 Å². The number of halogens is 1. The van der Waals surface area contributed by atoms with Crippen molar-refractivity contribution in [3.05, 3.63) is 39.3 Å². The molecule has 2 aromatic heterocycles. The third-order valence-electron chi connectivity index (χ3n) is 3.44. The van der Waals surface area contributed by atoms with Gasteiger partial charge in [-0.25, -0.2) is 0 Å². The van der Waals surface area contributed by atoms with E-state index in [1.54, 1.807) is 0 Å². The second-order valence-electron chi connectivity index (χ2n) is 5.37. The van der Waals surface area contributed by atoms with Crippen LogP contribution >= 0.6 is 22.9 Å². The first-order valence-corrected chi connectivity index (χ1v) is 8.56. The number of carbonyl (C=O) groups excluding carboxylic acids is 1. The van der Waals surface area contributed by atoms with E-state index in [0.29, 0.717) is 17.3 Å². The second-order valence-corrected chi connectivity index (χ2v) is 7.08. The summed E-state index contributed by atoms with van der Waals surface area (Å²) in [5.41, 5.74) is 1.90. The molecule has 23 heavy (non-hydrogen) atoms. The Labute approximate surface area is 143 Å². The Morgan fingerprint density at radius 2 is 2.43 bits per heavy atom. The zero-order valence-electron chi connectivity index (χ0n) is 12.7. The molecule has 3 heterocycles. The number of hydrogen-bond acceptors (Lipinski definition) is 5. The Kier molecular flexibility index (Phi) is 4.97. The van der Waals surface area contributed by atoms with E-state index in [1.165, 1.54) is 11.3 Å². The zero-order valence-corrected chi connectivity index (χ0v) is 14.2. The topological polar surface area (TPSA) is 68.5 Å². The van der Waals surface area contributed by atoms with Gasteiger partial charge in [0.1, 0.15) is 5.71 Å². The number of nitrogens with one attached hydrogen (secondary N) is 1. The minimum atomic E-state index is -0.558. The van der Waals surface area contributed by atoms with Gasteiger partial charge >= 0.3 is 0 Å². The van der Waals surface area contributed by atoms with Crippen LogP contribution in [0, 0.1) is 6.92 Å². The quantitative estimate of drug-likeness (QED) is 0.812. The predicted molar refractivity (Wildman–Crippen MR) is 89.9 cm³/mol. The standard InChI is InChI=1S/C15H17ClN4O2S/c1-10-8-18-20(9-10)6-2-5-17-15(21)12-7-11(19-22-12)13-3-4-14(16)23-13/h3-4,8-9,12H,2,5-7H2,1H3,(H,17,21). The Morgan fingerprint density at radius 3 is 3.13 bits per heavy atom. The third kappa shape index (κ3) is 4.11. The minimum Gasteiger partial charge on any atom is -0.382 e. The van der Waals surface area contributed by atoms with Crippen LogP contribution in [-0.4, -0.2) is 34.0 Å². The molecule has 1 unspecified atom stereocenters. The Morgan fingerprint density at radius 1 is 1.57 bits per heavy atom. The van der Waals surface area contributed by atoms with Gasteiger partial charge < -0.3 is 10.2 Å². The van der Waals surface area contributed by atoms with E-state index in [9.17, 15) is 4.79 Å². The normalized spacial score (nSPS) is 17.0. The molecule has 1 atom stereocenters. The highest BCUT2D eigenvalue weighted by Crippen LogP contribution is 2.26. The molecule has 0 saturated heterocycles. The van der Waals surface area contributed by atoms with Crippen molar-refractivity contribution in [2.75, 3.05) is 6.54 Å². The lowest BCUT2D eigenvalue weighted by Gasteiger charge is -2.09. The van der Waals surface area contributed by atoms with E-state index in [2.05, 4.69) is 15.6 Å². The molecule has 1 amide bonds. The van der Waals surface area contributed by atoms with Crippen LogP contribution in [-0.2, 0) is 16.2 Å². The Hall–Kier alpha value is -1.86. The third-order valence-corrected chi connectivity index (χ3v) is 4.72. The highest BCUT2D eigenvalue weighted by atomic mass is 35.5. The second kappa shape index (κ2) is 7.14. The number of thiophene rings is 1. The minimum absolute atomic E-state index is 0.136. The van der Waals surface area contributed by atoms with Crippen LogP contribution in [0.25, 0.3) is 0 Å². The summed E-state index contributed by atoms with van der Waals surface area (Å²) in [6.07, 6.45) is 4.53. The van der Waals surface area contributed by atoms with Crippen molar-refractivity contribution >= 4 is 34.6 Å². The zero-order chi connectivity index (χ0) is 16.2. The molecular weight excluding hydrogens is 336 g/mol. The van der Waals surface area contributed by atoms with Gasteiger partial charge in [0, 0.05) is 25.7 Å². The molecule has 3 rings (SSSR count). The van der Waals surface area contributed by atoms with Gasteiger partial charge in [-0.15, -0.1) is 11.3 Å². The molecule has 6 nitrogen and oxygen atoms in total. The van der Waals surface area contributed by atoms with Crippen LogP contribution in [0.15, 0.2) is 29.7 Å². The first kappa shape index (κ1) is 16.0. The van der Waals surface area contributed by atoms with Gasteiger partial charge in [0.05, 0.1) is 15.4 Å². The van der Waals surface area contributed by atoms with Crippen LogP contribution in [0.4, 0.5) is 0 Å². The molecule has 2 aromatic rings. The fourth-order valence-corrected chi connectivity index (χ4v) is 3.32. The van der Waals surface area contributed by atoms with Crippen LogP contribution in [0.1, 0.15) is 23.3 Å². The molecule has 8 heteroatoms. The number of rotatable bonds is 6. The lowest BCUT2D eigenvalue weighted by Crippen LogP contribution is -2.35. The number of hydrogen-bond donors (Lipinski definition) is 1. The molecule has 0 radical (unpaired) electrons. The molecule has 1 N–H and O–H groups in total. The molecule has 1 aliphatic heterocycles. The lowest BCUT2D eigenvalue weighted by atomic mass is 10.1. The van der Waals surface area contributed by atoms with Gasteiger partial charge in [0.25, 0.3) is 5.91 Å². The van der Waals surface area contributed by atoms with Crippen molar-refractivity contribution in [1.82, 2.24) is 15.1 Å². The average Bonchev–Trinajstić information content (AvgIpc) is 3.24. The first-order chi connectivity index (χ1) is 11.1. The first-order valence-electron chi connectivity index (χ1n) is 7.37. The number of carbonyl (C=O) groups is 1. The van der Waals surface area contributed by atoms with Gasteiger partial charge in [-0.1, -0.05) is 16.8 Å². The Balaban J connectivity index is 1.40. The molecular formula is C15H17ClN4O2S. The number of nitrogens with zero attached hydrogens (tertiary/aromatic N) is 3. The van der Waals surface area contributed by atoms with Gasteiger partial charge in [-0.05, 0) is 31.0 Å². The summed E-state index contributed by atoms with van der Waals surface area (Å²) in [4.78, 5) is 18.3. The summed E-state index contributed by atoms with van der Waals surface area (Å²) in [5, 5.41) is 11.1. The van der Waals surface area contributed by atoms with Crippen molar-refractivity contribution in [3.8, 4) is 0 Å². The van der Waals surface area contributed by atoms with Crippen molar-refractivity contribution in [3.63, 3.8) is 0 Å². The summed E-state index contributed by atoms with van der Waals surface area (Å²) in [7, 11) is 0. The fourth-order valence-electron chi connectivity index (χ4n) is 2.29. The van der Waals surface area contributed by atoms with Crippen LogP contribution < -0.4 is 5.32 Å². The van der Waals surface area contributed by atoms with Crippen molar-refractivity contribution in [2.45, 2.75) is 32.4 Å². The smallest absolute Gasteiger partial charge is 0.264 e.